The number of thiazole rings is 1. The molecule has 0 unspecified atom stereocenters. The molecule has 3 rings (SSSR count). The molecule has 0 N–H and O–H groups in total. The van der Waals surface area contributed by atoms with Gasteiger partial charge < -0.3 is 9.47 Å². The Balaban J connectivity index is 1.84. The van der Waals surface area contributed by atoms with Gasteiger partial charge in [0, 0.05) is 20.0 Å². The Morgan fingerprint density at radius 3 is 3.12 bits per heavy atom. The highest BCUT2D eigenvalue weighted by molar-refractivity contribution is 7.17. The zero-order chi connectivity index (χ0) is 11.8. The Morgan fingerprint density at radius 2 is 2.35 bits per heavy atom. The molecule has 1 aliphatic heterocycles. The third kappa shape index (κ3) is 1.82. The highest BCUT2D eigenvalue weighted by Crippen LogP contribution is 2.25. The van der Waals surface area contributed by atoms with E-state index in [0.29, 0.717) is 11.4 Å². The Bertz CT molecular complexity index is 561. The van der Waals surface area contributed by atoms with Gasteiger partial charge in [-0.1, -0.05) is 11.3 Å². The molecule has 0 radical (unpaired) electrons. The molecule has 6 nitrogen and oxygen atoms in total. The third-order valence-electron chi connectivity index (χ3n) is 2.75. The average Bonchev–Trinajstić information content (AvgIpc) is 2.97. The van der Waals surface area contributed by atoms with Crippen LogP contribution in [-0.4, -0.2) is 32.1 Å². The van der Waals surface area contributed by atoms with Crippen molar-refractivity contribution in [2.75, 3.05) is 11.4 Å². The number of rotatable bonds is 2. The van der Waals surface area contributed by atoms with Crippen molar-refractivity contribution in [3.8, 4) is 0 Å². The lowest BCUT2D eigenvalue weighted by molar-refractivity contribution is 0.102. The fourth-order valence-electron chi connectivity index (χ4n) is 1.80. The summed E-state index contributed by atoms with van der Waals surface area (Å²) >= 11 is 1.43. The molecular formula is C10H11N5OS. The van der Waals surface area contributed by atoms with E-state index in [4.69, 9.17) is 0 Å². The first-order valence-corrected chi connectivity index (χ1v) is 6.14. The quantitative estimate of drug-likeness (QED) is 0.742. The van der Waals surface area contributed by atoms with Crippen LogP contribution in [0.25, 0.3) is 0 Å². The lowest BCUT2D eigenvalue weighted by Crippen LogP contribution is -2.33. The van der Waals surface area contributed by atoms with Crippen molar-refractivity contribution in [2.24, 2.45) is 0 Å². The van der Waals surface area contributed by atoms with Gasteiger partial charge in [-0.05, 0) is 0 Å². The molecule has 3 heterocycles. The highest BCUT2D eigenvalue weighted by atomic mass is 32.1. The van der Waals surface area contributed by atoms with Crippen molar-refractivity contribution in [3.63, 3.8) is 0 Å². The lowest BCUT2D eigenvalue weighted by atomic mass is 10.4. The molecule has 17 heavy (non-hydrogen) atoms. The van der Waals surface area contributed by atoms with Gasteiger partial charge in [-0.15, -0.1) is 10.2 Å². The number of Topliss-reactive ketones (excluding diaryl/α,β-unsaturated/α-hetero) is 1. The molecule has 0 atom stereocenters. The number of fused-ring (bicyclic) bond motifs is 1. The molecule has 0 aromatic carbocycles. The second kappa shape index (κ2) is 3.92. The summed E-state index contributed by atoms with van der Waals surface area (Å²) in [4.78, 5) is 18.3. The van der Waals surface area contributed by atoms with Gasteiger partial charge in [0.2, 0.25) is 0 Å². The van der Waals surface area contributed by atoms with Crippen LogP contribution in [0.15, 0.2) is 12.5 Å². The second-order valence-electron chi connectivity index (χ2n) is 3.93. The van der Waals surface area contributed by atoms with E-state index >= 15 is 0 Å². The lowest BCUT2D eigenvalue weighted by Gasteiger charge is -2.26. The zero-order valence-electron chi connectivity index (χ0n) is 9.33. The SMILES string of the molecule is CC(=O)c1cnc(N2CCn3cnnc3C2)s1. The van der Waals surface area contributed by atoms with E-state index in [1.54, 1.807) is 19.4 Å². The summed E-state index contributed by atoms with van der Waals surface area (Å²) < 4.78 is 2.04. The van der Waals surface area contributed by atoms with Crippen LogP contribution in [0.3, 0.4) is 0 Å². The molecule has 0 fully saturated rings. The van der Waals surface area contributed by atoms with Crippen LogP contribution in [0.2, 0.25) is 0 Å². The number of aromatic nitrogens is 4. The Kier molecular flexibility index (Phi) is 2.40. The van der Waals surface area contributed by atoms with Gasteiger partial charge in [-0.2, -0.15) is 0 Å². The van der Waals surface area contributed by atoms with Crippen molar-refractivity contribution in [3.05, 3.63) is 23.2 Å². The summed E-state index contributed by atoms with van der Waals surface area (Å²) in [5.41, 5.74) is 0. The first kappa shape index (κ1) is 10.4. The molecule has 0 aliphatic carbocycles. The van der Waals surface area contributed by atoms with Crippen LogP contribution in [-0.2, 0) is 13.1 Å². The zero-order valence-corrected chi connectivity index (χ0v) is 10.1. The molecular weight excluding hydrogens is 238 g/mol. The summed E-state index contributed by atoms with van der Waals surface area (Å²) in [7, 11) is 0. The van der Waals surface area contributed by atoms with E-state index in [2.05, 4.69) is 20.1 Å². The fraction of sp³-hybridized carbons (Fsp3) is 0.400. The Morgan fingerprint density at radius 1 is 1.47 bits per heavy atom. The van der Waals surface area contributed by atoms with Gasteiger partial charge in [-0.3, -0.25) is 4.79 Å². The predicted molar refractivity (Wildman–Crippen MR) is 63.2 cm³/mol. The standard InChI is InChI=1S/C10H11N5OS/c1-7(16)8-4-11-10(17-8)14-2-3-15-6-12-13-9(15)5-14/h4,6H,2-3,5H2,1H3. The molecule has 0 amide bonds. The molecule has 0 saturated carbocycles. The molecule has 0 saturated heterocycles. The monoisotopic (exact) mass is 249 g/mol. The third-order valence-corrected chi connectivity index (χ3v) is 3.91. The topological polar surface area (TPSA) is 63.9 Å². The van der Waals surface area contributed by atoms with Crippen molar-refractivity contribution < 1.29 is 4.79 Å². The highest BCUT2D eigenvalue weighted by Gasteiger charge is 2.20. The maximum atomic E-state index is 11.2. The minimum Gasteiger partial charge on any atom is -0.339 e. The van der Waals surface area contributed by atoms with E-state index in [-0.39, 0.29) is 5.78 Å². The van der Waals surface area contributed by atoms with Gasteiger partial charge in [0.15, 0.2) is 16.7 Å². The Labute approximate surface area is 102 Å². The smallest absolute Gasteiger partial charge is 0.186 e. The first-order valence-electron chi connectivity index (χ1n) is 5.32. The molecule has 1 aliphatic rings. The van der Waals surface area contributed by atoms with Gasteiger partial charge in [0.25, 0.3) is 0 Å². The second-order valence-corrected chi connectivity index (χ2v) is 4.93. The largest absolute Gasteiger partial charge is 0.339 e. The van der Waals surface area contributed by atoms with Gasteiger partial charge >= 0.3 is 0 Å². The number of nitrogens with zero attached hydrogens (tertiary/aromatic N) is 5. The molecule has 2 aromatic rings. The number of anilines is 1. The van der Waals surface area contributed by atoms with Crippen molar-refractivity contribution in [1.29, 1.82) is 0 Å². The summed E-state index contributed by atoms with van der Waals surface area (Å²) in [5, 5.41) is 8.82. The van der Waals surface area contributed by atoms with Gasteiger partial charge in [0.05, 0.1) is 17.6 Å². The van der Waals surface area contributed by atoms with Crippen LogP contribution in [0.4, 0.5) is 5.13 Å². The number of carbonyl (C=O) groups excluding carboxylic acids is 1. The summed E-state index contributed by atoms with van der Waals surface area (Å²) in [6, 6.07) is 0. The van der Waals surface area contributed by atoms with Crippen LogP contribution in [0.1, 0.15) is 22.4 Å². The molecule has 2 aromatic heterocycles. The van der Waals surface area contributed by atoms with Crippen molar-refractivity contribution in [1.82, 2.24) is 19.7 Å². The van der Waals surface area contributed by atoms with Crippen LogP contribution in [0, 0.1) is 0 Å². The number of hydrogen-bond donors (Lipinski definition) is 0. The van der Waals surface area contributed by atoms with E-state index in [0.717, 1.165) is 24.0 Å². The summed E-state index contributed by atoms with van der Waals surface area (Å²) in [5.74, 6) is 1.00. The predicted octanol–water partition coefficient (Wildman–Crippen LogP) is 0.957. The van der Waals surface area contributed by atoms with E-state index in [1.165, 1.54) is 11.3 Å². The number of hydrogen-bond acceptors (Lipinski definition) is 6. The van der Waals surface area contributed by atoms with E-state index in [9.17, 15) is 4.79 Å². The maximum Gasteiger partial charge on any atom is 0.186 e. The average molecular weight is 249 g/mol. The summed E-state index contributed by atoms with van der Waals surface area (Å²) in [6.07, 6.45) is 3.39. The van der Waals surface area contributed by atoms with Gasteiger partial charge in [0.1, 0.15) is 6.33 Å². The number of carbonyl (C=O) groups is 1. The molecule has 0 bridgehead atoms. The van der Waals surface area contributed by atoms with Crippen molar-refractivity contribution in [2.45, 2.75) is 20.0 Å². The normalized spacial score (nSPS) is 14.8. The van der Waals surface area contributed by atoms with Crippen molar-refractivity contribution >= 4 is 22.3 Å². The minimum atomic E-state index is 0.0638. The van der Waals surface area contributed by atoms with Gasteiger partial charge in [-0.25, -0.2) is 4.98 Å². The molecule has 7 heteroatoms. The summed E-state index contributed by atoms with van der Waals surface area (Å²) in [6.45, 7) is 3.99. The number of ketones is 1. The molecule has 0 spiro atoms. The Hall–Kier alpha value is -1.76. The van der Waals surface area contributed by atoms with Crippen LogP contribution in [0.5, 0.6) is 0 Å². The maximum absolute atomic E-state index is 11.2. The van der Waals surface area contributed by atoms with E-state index in [1.807, 2.05) is 4.57 Å². The van der Waals surface area contributed by atoms with E-state index < -0.39 is 0 Å². The molecule has 88 valence electrons. The minimum absolute atomic E-state index is 0.0638. The fourth-order valence-corrected chi connectivity index (χ4v) is 2.64. The first-order chi connectivity index (χ1) is 8.24. The van der Waals surface area contributed by atoms with Crippen LogP contribution < -0.4 is 4.90 Å². The van der Waals surface area contributed by atoms with Crippen LogP contribution >= 0.6 is 11.3 Å².